The zero-order chi connectivity index (χ0) is 21.5. The van der Waals surface area contributed by atoms with Gasteiger partial charge >= 0.3 is 5.69 Å². The van der Waals surface area contributed by atoms with Crippen LogP contribution in [0.25, 0.3) is 11.2 Å². The van der Waals surface area contributed by atoms with Crippen molar-refractivity contribution in [1.82, 2.24) is 18.4 Å². The highest BCUT2D eigenvalue weighted by molar-refractivity contribution is 7.89. The van der Waals surface area contributed by atoms with E-state index >= 15 is 0 Å². The molecule has 3 aromatic rings. The summed E-state index contributed by atoms with van der Waals surface area (Å²) in [5, 5.41) is 0. The standard InChI is InChI=1S/C21H25FN4O3S/c1-3-25-18-5-4-10-23-20(18)26(21(25)27)14-16-8-11-24(12-9-16)30(28,29)19-7-6-17(22)13-15(19)2/h4-7,10,13,16H,3,8-9,11-12,14H2,1-2H3. The summed E-state index contributed by atoms with van der Waals surface area (Å²) in [6, 6.07) is 7.46. The predicted octanol–water partition coefficient (Wildman–Crippen LogP) is 2.77. The van der Waals surface area contributed by atoms with Gasteiger partial charge in [0.2, 0.25) is 10.0 Å². The molecule has 30 heavy (non-hydrogen) atoms. The van der Waals surface area contributed by atoms with Crippen LogP contribution in [0.3, 0.4) is 0 Å². The van der Waals surface area contributed by atoms with Crippen LogP contribution in [0.15, 0.2) is 46.2 Å². The van der Waals surface area contributed by atoms with Crippen molar-refractivity contribution in [3.8, 4) is 0 Å². The van der Waals surface area contributed by atoms with E-state index < -0.39 is 15.8 Å². The van der Waals surface area contributed by atoms with Crippen LogP contribution in [0.2, 0.25) is 0 Å². The van der Waals surface area contributed by atoms with Crippen molar-refractivity contribution in [3.05, 3.63) is 58.4 Å². The number of rotatable bonds is 5. The SMILES string of the molecule is CCn1c(=O)n(CC2CCN(S(=O)(=O)c3ccc(F)cc3C)CC2)c2ncccc21. The van der Waals surface area contributed by atoms with E-state index in [1.54, 1.807) is 22.3 Å². The van der Waals surface area contributed by atoms with Crippen LogP contribution in [0.1, 0.15) is 25.3 Å². The van der Waals surface area contributed by atoms with Gasteiger partial charge in [0.05, 0.1) is 10.4 Å². The predicted molar refractivity (Wildman–Crippen MR) is 112 cm³/mol. The van der Waals surface area contributed by atoms with E-state index in [1.165, 1.54) is 22.5 Å². The lowest BCUT2D eigenvalue weighted by atomic mass is 9.98. The van der Waals surface area contributed by atoms with Crippen molar-refractivity contribution in [2.75, 3.05) is 13.1 Å². The number of fused-ring (bicyclic) bond motifs is 1. The number of halogens is 1. The van der Waals surface area contributed by atoms with Gasteiger partial charge in [-0.25, -0.2) is 22.6 Å². The molecule has 0 aliphatic carbocycles. The summed E-state index contributed by atoms with van der Waals surface area (Å²) in [5.74, 6) is -0.267. The number of imidazole rings is 1. The zero-order valence-electron chi connectivity index (χ0n) is 17.1. The number of benzene rings is 1. The van der Waals surface area contributed by atoms with Crippen LogP contribution in [0.5, 0.6) is 0 Å². The summed E-state index contributed by atoms with van der Waals surface area (Å²) in [6.07, 6.45) is 2.98. The summed E-state index contributed by atoms with van der Waals surface area (Å²) in [7, 11) is -3.67. The van der Waals surface area contributed by atoms with Crippen molar-refractivity contribution in [2.24, 2.45) is 5.92 Å². The highest BCUT2D eigenvalue weighted by atomic mass is 32.2. The minimum absolute atomic E-state index is 0.0804. The van der Waals surface area contributed by atoms with E-state index in [2.05, 4.69) is 4.98 Å². The molecule has 9 heteroatoms. The van der Waals surface area contributed by atoms with Crippen molar-refractivity contribution >= 4 is 21.2 Å². The van der Waals surface area contributed by atoms with E-state index in [1.807, 2.05) is 19.1 Å². The lowest BCUT2D eigenvalue weighted by Gasteiger charge is -2.31. The molecule has 1 aliphatic heterocycles. The fourth-order valence-electron chi connectivity index (χ4n) is 4.25. The average molecular weight is 433 g/mol. The lowest BCUT2D eigenvalue weighted by Crippen LogP contribution is -2.40. The number of aryl methyl sites for hydroxylation is 2. The van der Waals surface area contributed by atoms with E-state index in [0.29, 0.717) is 50.2 Å². The van der Waals surface area contributed by atoms with Crippen LogP contribution in [-0.4, -0.2) is 39.9 Å². The number of hydrogen-bond acceptors (Lipinski definition) is 4. The maximum Gasteiger partial charge on any atom is 0.330 e. The summed E-state index contributed by atoms with van der Waals surface area (Å²) in [6.45, 7) is 5.37. The van der Waals surface area contributed by atoms with Crippen LogP contribution < -0.4 is 5.69 Å². The number of sulfonamides is 1. The summed E-state index contributed by atoms with van der Waals surface area (Å²) in [4.78, 5) is 17.4. The highest BCUT2D eigenvalue weighted by Gasteiger charge is 2.31. The molecule has 2 aromatic heterocycles. The number of nitrogens with zero attached hydrogens (tertiary/aromatic N) is 4. The molecule has 0 saturated carbocycles. The number of pyridine rings is 1. The molecule has 0 amide bonds. The third kappa shape index (κ3) is 3.56. The van der Waals surface area contributed by atoms with Crippen LogP contribution in [-0.2, 0) is 23.1 Å². The fourth-order valence-corrected chi connectivity index (χ4v) is 5.92. The number of aromatic nitrogens is 3. The molecule has 0 radical (unpaired) electrons. The molecule has 1 aromatic carbocycles. The van der Waals surface area contributed by atoms with Gasteiger partial charge in [0, 0.05) is 32.4 Å². The Bertz CT molecular complexity index is 1240. The summed E-state index contributed by atoms with van der Waals surface area (Å²) in [5.41, 5.74) is 1.81. The van der Waals surface area contributed by atoms with Crippen molar-refractivity contribution in [1.29, 1.82) is 0 Å². The Morgan fingerprint density at radius 3 is 2.57 bits per heavy atom. The molecule has 0 bridgehead atoms. The topological polar surface area (TPSA) is 77.2 Å². The minimum atomic E-state index is -3.67. The van der Waals surface area contributed by atoms with Gasteiger partial charge in [-0.3, -0.25) is 9.13 Å². The molecule has 1 saturated heterocycles. The smallest absolute Gasteiger partial charge is 0.291 e. The minimum Gasteiger partial charge on any atom is -0.291 e. The molecule has 0 unspecified atom stereocenters. The maximum atomic E-state index is 13.4. The van der Waals surface area contributed by atoms with Gasteiger partial charge in [0.15, 0.2) is 5.65 Å². The molecular formula is C21H25FN4O3S. The third-order valence-electron chi connectivity index (χ3n) is 5.86. The van der Waals surface area contributed by atoms with E-state index in [4.69, 9.17) is 0 Å². The molecule has 7 nitrogen and oxygen atoms in total. The van der Waals surface area contributed by atoms with Gasteiger partial charge in [-0.1, -0.05) is 0 Å². The largest absolute Gasteiger partial charge is 0.330 e. The Labute approximate surface area is 174 Å². The molecule has 4 rings (SSSR count). The maximum absolute atomic E-state index is 13.4. The Morgan fingerprint density at radius 2 is 1.90 bits per heavy atom. The first-order valence-corrected chi connectivity index (χ1v) is 11.6. The molecule has 1 fully saturated rings. The van der Waals surface area contributed by atoms with Gasteiger partial charge in [-0.05, 0) is 68.5 Å². The van der Waals surface area contributed by atoms with Gasteiger partial charge in [0.25, 0.3) is 0 Å². The number of piperidine rings is 1. The molecule has 0 spiro atoms. The fraction of sp³-hybridized carbons (Fsp3) is 0.429. The number of hydrogen-bond donors (Lipinski definition) is 0. The molecule has 160 valence electrons. The Hall–Kier alpha value is -2.52. The normalized spacial score (nSPS) is 16.4. The zero-order valence-corrected chi connectivity index (χ0v) is 17.9. The van der Waals surface area contributed by atoms with Gasteiger partial charge < -0.3 is 0 Å². The molecular weight excluding hydrogens is 407 g/mol. The monoisotopic (exact) mass is 432 g/mol. The van der Waals surface area contributed by atoms with E-state index in [0.717, 1.165) is 5.52 Å². The quantitative estimate of drug-likeness (QED) is 0.621. The summed E-state index contributed by atoms with van der Waals surface area (Å²) < 4.78 is 44.2. The summed E-state index contributed by atoms with van der Waals surface area (Å²) >= 11 is 0. The van der Waals surface area contributed by atoms with Crippen LogP contribution >= 0.6 is 0 Å². The second-order valence-corrected chi connectivity index (χ2v) is 9.65. The van der Waals surface area contributed by atoms with Gasteiger partial charge in [0.1, 0.15) is 5.82 Å². The highest BCUT2D eigenvalue weighted by Crippen LogP contribution is 2.27. The van der Waals surface area contributed by atoms with E-state index in [9.17, 15) is 17.6 Å². The molecule has 1 aliphatic rings. The van der Waals surface area contributed by atoms with Crippen LogP contribution in [0.4, 0.5) is 4.39 Å². The average Bonchev–Trinajstić information content (AvgIpc) is 2.99. The Morgan fingerprint density at radius 1 is 1.17 bits per heavy atom. The van der Waals surface area contributed by atoms with Crippen molar-refractivity contribution < 1.29 is 12.8 Å². The first kappa shape index (κ1) is 20.7. The van der Waals surface area contributed by atoms with Gasteiger partial charge in [-0.15, -0.1) is 0 Å². The van der Waals surface area contributed by atoms with Gasteiger partial charge in [-0.2, -0.15) is 4.31 Å². The van der Waals surface area contributed by atoms with Crippen LogP contribution in [0, 0.1) is 18.7 Å². The second kappa shape index (κ2) is 7.96. The Kier molecular flexibility index (Phi) is 5.50. The van der Waals surface area contributed by atoms with Crippen molar-refractivity contribution in [2.45, 2.75) is 44.7 Å². The van der Waals surface area contributed by atoms with Crippen molar-refractivity contribution in [3.63, 3.8) is 0 Å². The molecule has 0 N–H and O–H groups in total. The first-order chi connectivity index (χ1) is 14.3. The molecule has 3 heterocycles. The molecule has 0 atom stereocenters. The first-order valence-electron chi connectivity index (χ1n) is 10.1. The van der Waals surface area contributed by atoms with E-state index in [-0.39, 0.29) is 16.5 Å². The Balaban J connectivity index is 1.51. The third-order valence-corrected chi connectivity index (χ3v) is 7.92. The lowest BCUT2D eigenvalue weighted by molar-refractivity contribution is 0.252. The second-order valence-electron chi connectivity index (χ2n) is 7.74.